The molecule has 0 atom stereocenters. The number of amides is 1. The molecular weight excluding hydrogens is 194 g/mol. The summed E-state index contributed by atoms with van der Waals surface area (Å²) in [6, 6.07) is 1.58. The molecular formula is C10H15N3O2. The fraction of sp³-hybridized carbons (Fsp3) is 0.400. The summed E-state index contributed by atoms with van der Waals surface area (Å²) in [6.07, 6.45) is 2.98. The van der Waals surface area contributed by atoms with Gasteiger partial charge in [-0.2, -0.15) is 0 Å². The summed E-state index contributed by atoms with van der Waals surface area (Å²) in [5, 5.41) is 8.79. The highest BCUT2D eigenvalue weighted by atomic mass is 16.3. The average Bonchev–Trinajstić information content (AvgIpc) is 2.25. The summed E-state index contributed by atoms with van der Waals surface area (Å²) in [6.45, 7) is 2.64. The number of nitrogens with two attached hydrogens (primary N) is 1. The molecule has 1 aromatic rings. The molecule has 82 valence electrons. The van der Waals surface area contributed by atoms with Crippen LogP contribution < -0.4 is 5.73 Å². The molecule has 0 saturated heterocycles. The number of nitrogen functional groups attached to an aromatic ring is 1. The van der Waals surface area contributed by atoms with Crippen molar-refractivity contribution in [1.29, 1.82) is 0 Å². The number of aliphatic hydroxyl groups is 1. The molecule has 0 fully saturated rings. The van der Waals surface area contributed by atoms with E-state index in [1.807, 2.05) is 6.92 Å². The molecule has 1 heterocycles. The van der Waals surface area contributed by atoms with Gasteiger partial charge in [-0.1, -0.05) is 0 Å². The molecule has 0 aliphatic carbocycles. The Morgan fingerprint density at radius 3 is 2.93 bits per heavy atom. The van der Waals surface area contributed by atoms with Crippen molar-refractivity contribution < 1.29 is 9.90 Å². The second-order valence-corrected chi connectivity index (χ2v) is 3.07. The molecule has 3 N–H and O–H groups in total. The van der Waals surface area contributed by atoms with E-state index in [1.54, 1.807) is 6.07 Å². The smallest absolute Gasteiger partial charge is 0.257 e. The predicted octanol–water partition coefficient (Wildman–Crippen LogP) is 0.118. The Kier molecular flexibility index (Phi) is 4.05. The number of pyridine rings is 1. The minimum Gasteiger partial charge on any atom is -0.398 e. The first kappa shape index (κ1) is 11.5. The fourth-order valence-corrected chi connectivity index (χ4v) is 1.28. The van der Waals surface area contributed by atoms with Gasteiger partial charge in [0, 0.05) is 31.2 Å². The van der Waals surface area contributed by atoms with Crippen LogP contribution in [0.4, 0.5) is 5.69 Å². The molecule has 15 heavy (non-hydrogen) atoms. The van der Waals surface area contributed by atoms with Crippen molar-refractivity contribution in [2.24, 2.45) is 0 Å². The number of aromatic nitrogens is 1. The number of anilines is 1. The number of nitrogens with zero attached hydrogens (tertiary/aromatic N) is 2. The number of carbonyl (C=O) groups is 1. The van der Waals surface area contributed by atoms with Crippen LogP contribution in [0.3, 0.4) is 0 Å². The van der Waals surface area contributed by atoms with Crippen LogP contribution in [0.25, 0.3) is 0 Å². The predicted molar refractivity (Wildman–Crippen MR) is 57.3 cm³/mol. The quantitative estimate of drug-likeness (QED) is 0.738. The summed E-state index contributed by atoms with van der Waals surface area (Å²) in [4.78, 5) is 17.3. The maximum atomic E-state index is 11.9. The molecule has 0 saturated carbocycles. The Bertz CT molecular complexity index is 341. The Labute approximate surface area is 88.5 Å². The van der Waals surface area contributed by atoms with Gasteiger partial charge in [0.15, 0.2) is 0 Å². The van der Waals surface area contributed by atoms with Crippen molar-refractivity contribution in [2.75, 3.05) is 25.4 Å². The lowest BCUT2D eigenvalue weighted by molar-refractivity contribution is 0.0732. The van der Waals surface area contributed by atoms with Gasteiger partial charge in [0.05, 0.1) is 12.2 Å². The van der Waals surface area contributed by atoms with Gasteiger partial charge in [-0.25, -0.2) is 0 Å². The van der Waals surface area contributed by atoms with Gasteiger partial charge >= 0.3 is 0 Å². The zero-order valence-corrected chi connectivity index (χ0v) is 8.68. The van der Waals surface area contributed by atoms with E-state index in [4.69, 9.17) is 10.8 Å². The number of rotatable bonds is 4. The molecule has 0 spiro atoms. The third-order valence-electron chi connectivity index (χ3n) is 2.12. The van der Waals surface area contributed by atoms with E-state index in [2.05, 4.69) is 4.98 Å². The maximum absolute atomic E-state index is 11.9. The maximum Gasteiger partial charge on any atom is 0.257 e. The van der Waals surface area contributed by atoms with Crippen molar-refractivity contribution >= 4 is 11.6 Å². The largest absolute Gasteiger partial charge is 0.398 e. The van der Waals surface area contributed by atoms with Gasteiger partial charge in [-0.15, -0.1) is 0 Å². The van der Waals surface area contributed by atoms with E-state index in [0.29, 0.717) is 24.3 Å². The first-order chi connectivity index (χ1) is 7.20. The second kappa shape index (κ2) is 5.31. The summed E-state index contributed by atoms with van der Waals surface area (Å²) in [7, 11) is 0. The third-order valence-corrected chi connectivity index (χ3v) is 2.12. The highest BCUT2D eigenvalue weighted by Crippen LogP contribution is 2.11. The van der Waals surface area contributed by atoms with Crippen molar-refractivity contribution in [3.63, 3.8) is 0 Å². The Hall–Kier alpha value is -1.62. The van der Waals surface area contributed by atoms with Crippen molar-refractivity contribution in [1.82, 2.24) is 9.88 Å². The Morgan fingerprint density at radius 2 is 2.40 bits per heavy atom. The number of hydrogen-bond donors (Lipinski definition) is 2. The lowest BCUT2D eigenvalue weighted by Crippen LogP contribution is -2.33. The van der Waals surface area contributed by atoms with Crippen LogP contribution in [0.5, 0.6) is 0 Å². The van der Waals surface area contributed by atoms with Crippen LogP contribution in [0.2, 0.25) is 0 Å². The second-order valence-electron chi connectivity index (χ2n) is 3.07. The van der Waals surface area contributed by atoms with Gasteiger partial charge in [0.25, 0.3) is 5.91 Å². The Balaban J connectivity index is 2.88. The van der Waals surface area contributed by atoms with Gasteiger partial charge in [-0.3, -0.25) is 9.78 Å². The Morgan fingerprint density at radius 1 is 1.67 bits per heavy atom. The van der Waals surface area contributed by atoms with Gasteiger partial charge in [0.1, 0.15) is 0 Å². The van der Waals surface area contributed by atoms with Gasteiger partial charge in [0.2, 0.25) is 0 Å². The van der Waals surface area contributed by atoms with Gasteiger partial charge < -0.3 is 15.7 Å². The molecule has 1 amide bonds. The van der Waals surface area contributed by atoms with Crippen LogP contribution in [0.1, 0.15) is 17.3 Å². The topological polar surface area (TPSA) is 79.5 Å². The van der Waals surface area contributed by atoms with Crippen LogP contribution >= 0.6 is 0 Å². The van der Waals surface area contributed by atoms with Crippen LogP contribution in [0, 0.1) is 0 Å². The molecule has 0 unspecified atom stereocenters. The van der Waals surface area contributed by atoms with Crippen molar-refractivity contribution in [3.8, 4) is 0 Å². The molecule has 0 aromatic carbocycles. The zero-order chi connectivity index (χ0) is 11.3. The molecule has 5 heteroatoms. The van der Waals surface area contributed by atoms with E-state index >= 15 is 0 Å². The van der Waals surface area contributed by atoms with Crippen LogP contribution in [-0.2, 0) is 0 Å². The molecule has 0 aliphatic heterocycles. The van der Waals surface area contributed by atoms with Gasteiger partial charge in [-0.05, 0) is 13.0 Å². The molecule has 0 bridgehead atoms. The number of carbonyl (C=O) groups excluding carboxylic acids is 1. The first-order valence-corrected chi connectivity index (χ1v) is 4.80. The monoisotopic (exact) mass is 209 g/mol. The normalized spacial score (nSPS) is 10.0. The number of hydrogen-bond acceptors (Lipinski definition) is 4. The number of likely N-dealkylation sites (N-methyl/N-ethyl adjacent to an activating group) is 1. The van der Waals surface area contributed by atoms with Crippen molar-refractivity contribution in [2.45, 2.75) is 6.92 Å². The summed E-state index contributed by atoms with van der Waals surface area (Å²) in [5.41, 5.74) is 6.45. The average molecular weight is 209 g/mol. The minimum atomic E-state index is -0.197. The minimum absolute atomic E-state index is 0.0558. The van der Waals surface area contributed by atoms with Crippen LogP contribution in [-0.4, -0.2) is 40.6 Å². The lowest BCUT2D eigenvalue weighted by atomic mass is 10.2. The molecule has 0 aliphatic rings. The molecule has 1 rings (SSSR count). The fourth-order valence-electron chi connectivity index (χ4n) is 1.28. The van der Waals surface area contributed by atoms with E-state index in [0.717, 1.165) is 0 Å². The standard InChI is InChI=1S/C10H15N3O2/c1-2-13(5-6-14)10(15)8-7-12-4-3-9(8)11/h3-4,7,14H,2,5-6H2,1H3,(H2,11,12). The molecule has 5 nitrogen and oxygen atoms in total. The summed E-state index contributed by atoms with van der Waals surface area (Å²) in [5.74, 6) is -0.197. The highest BCUT2D eigenvalue weighted by molar-refractivity contribution is 5.98. The zero-order valence-electron chi connectivity index (χ0n) is 8.68. The van der Waals surface area contributed by atoms with Crippen LogP contribution in [0.15, 0.2) is 18.5 Å². The van der Waals surface area contributed by atoms with E-state index in [9.17, 15) is 4.79 Å². The summed E-state index contributed by atoms with van der Waals surface area (Å²) < 4.78 is 0. The van der Waals surface area contributed by atoms with E-state index in [-0.39, 0.29) is 12.5 Å². The summed E-state index contributed by atoms with van der Waals surface area (Å²) >= 11 is 0. The third kappa shape index (κ3) is 2.66. The lowest BCUT2D eigenvalue weighted by Gasteiger charge is -2.20. The highest BCUT2D eigenvalue weighted by Gasteiger charge is 2.15. The first-order valence-electron chi connectivity index (χ1n) is 4.80. The molecule has 0 radical (unpaired) electrons. The van der Waals surface area contributed by atoms with Crippen molar-refractivity contribution in [3.05, 3.63) is 24.0 Å². The molecule has 1 aromatic heterocycles. The SMILES string of the molecule is CCN(CCO)C(=O)c1cnccc1N. The van der Waals surface area contributed by atoms with E-state index < -0.39 is 0 Å². The number of aliphatic hydroxyl groups excluding tert-OH is 1. The van der Waals surface area contributed by atoms with E-state index in [1.165, 1.54) is 17.3 Å².